The van der Waals surface area contributed by atoms with Crippen LogP contribution in [0.5, 0.6) is 5.75 Å². The van der Waals surface area contributed by atoms with Crippen molar-refractivity contribution in [2.75, 3.05) is 13.2 Å². The molecule has 1 atom stereocenters. The number of urea groups is 1. The largest absolute Gasteiger partial charge is 0.492 e. The Kier molecular flexibility index (Phi) is 8.40. The van der Waals surface area contributed by atoms with Crippen molar-refractivity contribution < 1.29 is 19.4 Å². The molecule has 0 spiro atoms. The van der Waals surface area contributed by atoms with E-state index in [1.807, 2.05) is 12.1 Å². The van der Waals surface area contributed by atoms with E-state index < -0.39 is 18.0 Å². The van der Waals surface area contributed by atoms with Crippen molar-refractivity contribution in [3.8, 4) is 5.75 Å². The molecule has 2 amide bonds. The Balaban J connectivity index is 2.37. The second-order valence-electron chi connectivity index (χ2n) is 7.56. The molecule has 0 radical (unpaired) electrons. The van der Waals surface area contributed by atoms with Crippen LogP contribution in [-0.2, 0) is 10.2 Å². The Hall–Kier alpha value is -1.76. The van der Waals surface area contributed by atoms with Crippen molar-refractivity contribution in [1.82, 2.24) is 10.6 Å². The molecule has 1 rings (SSSR count). The van der Waals surface area contributed by atoms with E-state index in [0.717, 1.165) is 10.2 Å². The summed E-state index contributed by atoms with van der Waals surface area (Å²) >= 11 is 3.53. The third-order valence-corrected chi connectivity index (χ3v) is 4.50. The van der Waals surface area contributed by atoms with Gasteiger partial charge in [-0.2, -0.15) is 0 Å². The highest BCUT2D eigenvalue weighted by molar-refractivity contribution is 9.10. The monoisotopic (exact) mass is 428 g/mol. The average molecular weight is 429 g/mol. The lowest BCUT2D eigenvalue weighted by Gasteiger charge is -2.20. The predicted octanol–water partition coefficient (Wildman–Crippen LogP) is 3.92. The van der Waals surface area contributed by atoms with Gasteiger partial charge < -0.3 is 20.5 Å². The van der Waals surface area contributed by atoms with E-state index in [9.17, 15) is 9.59 Å². The Morgan fingerprint density at radius 2 is 1.92 bits per heavy atom. The van der Waals surface area contributed by atoms with E-state index in [0.29, 0.717) is 19.6 Å². The van der Waals surface area contributed by atoms with Gasteiger partial charge in [0, 0.05) is 6.54 Å². The minimum Gasteiger partial charge on any atom is -0.492 e. The zero-order chi connectivity index (χ0) is 19.9. The van der Waals surface area contributed by atoms with E-state index >= 15 is 0 Å². The van der Waals surface area contributed by atoms with Crippen LogP contribution in [0.15, 0.2) is 22.7 Å². The van der Waals surface area contributed by atoms with Crippen molar-refractivity contribution in [2.24, 2.45) is 5.92 Å². The molecule has 0 aliphatic heterocycles. The van der Waals surface area contributed by atoms with Crippen LogP contribution >= 0.6 is 15.9 Å². The number of rotatable bonds is 8. The number of halogens is 1. The molecule has 0 saturated heterocycles. The maximum atomic E-state index is 11.7. The highest BCUT2D eigenvalue weighted by atomic mass is 79.9. The summed E-state index contributed by atoms with van der Waals surface area (Å²) < 4.78 is 6.63. The van der Waals surface area contributed by atoms with Gasteiger partial charge in [-0.15, -0.1) is 0 Å². The molecule has 26 heavy (non-hydrogen) atoms. The molecule has 0 saturated carbocycles. The summed E-state index contributed by atoms with van der Waals surface area (Å²) in [4.78, 5) is 22.8. The third-order valence-electron chi connectivity index (χ3n) is 3.88. The molecular weight excluding hydrogens is 400 g/mol. The first kappa shape index (κ1) is 22.3. The van der Waals surface area contributed by atoms with Gasteiger partial charge in [0.1, 0.15) is 11.8 Å². The molecule has 146 valence electrons. The zero-order valence-electron chi connectivity index (χ0n) is 16.1. The number of ether oxygens (including phenoxy) is 1. The number of hydrogen-bond acceptors (Lipinski definition) is 3. The normalized spacial score (nSPS) is 12.6. The van der Waals surface area contributed by atoms with E-state index in [1.54, 1.807) is 13.8 Å². The highest BCUT2D eigenvalue weighted by Gasteiger charge is 2.23. The fourth-order valence-electron chi connectivity index (χ4n) is 2.25. The Bertz CT molecular complexity index is 626. The van der Waals surface area contributed by atoms with Crippen LogP contribution in [0.1, 0.15) is 46.6 Å². The smallest absolute Gasteiger partial charge is 0.326 e. The van der Waals surface area contributed by atoms with E-state index in [4.69, 9.17) is 9.84 Å². The maximum absolute atomic E-state index is 11.7. The summed E-state index contributed by atoms with van der Waals surface area (Å²) in [5.74, 6) is -0.467. The standard InChI is InChI=1S/C19H29BrN2O4/c1-12(2)16(17(23)24)22-18(25)21-9-6-10-26-15-8-7-13(11-14(15)20)19(3,4)5/h7-8,11-12,16H,6,9-10H2,1-5H3,(H,23,24)(H2,21,22,25). The average Bonchev–Trinajstić information content (AvgIpc) is 2.52. The minimum absolute atomic E-state index is 0.0716. The molecule has 0 heterocycles. The van der Waals surface area contributed by atoms with Crippen LogP contribution in [-0.4, -0.2) is 36.3 Å². The summed E-state index contributed by atoms with van der Waals surface area (Å²) in [6.07, 6.45) is 0.611. The van der Waals surface area contributed by atoms with Crippen molar-refractivity contribution in [3.05, 3.63) is 28.2 Å². The third kappa shape index (κ3) is 7.23. The van der Waals surface area contributed by atoms with E-state index in [1.165, 1.54) is 5.56 Å². The van der Waals surface area contributed by atoms with E-state index in [-0.39, 0.29) is 11.3 Å². The number of carbonyl (C=O) groups is 2. The van der Waals surface area contributed by atoms with Crippen molar-refractivity contribution >= 4 is 27.9 Å². The summed E-state index contributed by atoms with van der Waals surface area (Å²) in [5.41, 5.74) is 1.29. The Morgan fingerprint density at radius 1 is 1.27 bits per heavy atom. The molecule has 6 nitrogen and oxygen atoms in total. The Labute approximate surface area is 163 Å². The van der Waals surface area contributed by atoms with Gasteiger partial charge in [-0.25, -0.2) is 9.59 Å². The first-order valence-electron chi connectivity index (χ1n) is 8.72. The molecular formula is C19H29BrN2O4. The van der Waals surface area contributed by atoms with Gasteiger partial charge in [-0.05, 0) is 51.4 Å². The number of aliphatic carboxylic acids is 1. The molecule has 0 aromatic heterocycles. The summed E-state index contributed by atoms with van der Waals surface area (Å²) in [5, 5.41) is 14.2. The van der Waals surface area contributed by atoms with Crippen LogP contribution in [0.4, 0.5) is 4.79 Å². The van der Waals surface area contributed by atoms with Crippen LogP contribution < -0.4 is 15.4 Å². The summed E-state index contributed by atoms with van der Waals surface area (Å²) in [7, 11) is 0. The molecule has 0 fully saturated rings. The quantitative estimate of drug-likeness (QED) is 0.547. The Morgan fingerprint density at radius 3 is 2.42 bits per heavy atom. The zero-order valence-corrected chi connectivity index (χ0v) is 17.6. The lowest BCUT2D eigenvalue weighted by molar-refractivity contribution is -0.140. The first-order chi connectivity index (χ1) is 12.0. The number of hydrogen-bond donors (Lipinski definition) is 3. The van der Waals surface area contributed by atoms with Gasteiger partial charge >= 0.3 is 12.0 Å². The fourth-order valence-corrected chi connectivity index (χ4v) is 2.74. The molecule has 0 bridgehead atoms. The number of benzene rings is 1. The lowest BCUT2D eigenvalue weighted by Crippen LogP contribution is -2.48. The number of carboxylic acids is 1. The second-order valence-corrected chi connectivity index (χ2v) is 8.41. The van der Waals surface area contributed by atoms with Crippen molar-refractivity contribution in [2.45, 2.75) is 52.5 Å². The number of nitrogens with one attached hydrogen (secondary N) is 2. The topological polar surface area (TPSA) is 87.7 Å². The maximum Gasteiger partial charge on any atom is 0.326 e. The van der Waals surface area contributed by atoms with Gasteiger partial charge in [-0.3, -0.25) is 0 Å². The predicted molar refractivity (Wildman–Crippen MR) is 106 cm³/mol. The molecule has 0 aliphatic rings. The van der Waals surface area contributed by atoms with Gasteiger partial charge in [0.15, 0.2) is 0 Å². The van der Waals surface area contributed by atoms with Crippen LogP contribution in [0.2, 0.25) is 0 Å². The lowest BCUT2D eigenvalue weighted by atomic mass is 9.87. The molecule has 7 heteroatoms. The van der Waals surface area contributed by atoms with Crippen LogP contribution in [0, 0.1) is 5.92 Å². The minimum atomic E-state index is -1.04. The molecule has 1 aromatic rings. The van der Waals surface area contributed by atoms with Crippen molar-refractivity contribution in [3.63, 3.8) is 0 Å². The van der Waals surface area contributed by atoms with E-state index in [2.05, 4.69) is 53.4 Å². The van der Waals surface area contributed by atoms with Crippen LogP contribution in [0.3, 0.4) is 0 Å². The molecule has 0 aliphatic carbocycles. The first-order valence-corrected chi connectivity index (χ1v) is 9.51. The fraction of sp³-hybridized carbons (Fsp3) is 0.579. The molecule has 1 unspecified atom stereocenters. The highest BCUT2D eigenvalue weighted by Crippen LogP contribution is 2.31. The van der Waals surface area contributed by atoms with Crippen molar-refractivity contribution in [1.29, 1.82) is 0 Å². The van der Waals surface area contributed by atoms with Gasteiger partial charge in [0.2, 0.25) is 0 Å². The SMILES string of the molecule is CC(C)C(NC(=O)NCCCOc1ccc(C(C)(C)C)cc1Br)C(=O)O. The number of carboxylic acid groups (broad SMARTS) is 1. The van der Waals surface area contributed by atoms with Gasteiger partial charge in [-0.1, -0.05) is 40.7 Å². The summed E-state index contributed by atoms with van der Waals surface area (Å²) in [6.45, 7) is 10.8. The second kappa shape index (κ2) is 9.80. The van der Waals surface area contributed by atoms with Gasteiger partial charge in [0.05, 0.1) is 11.1 Å². The molecule has 3 N–H and O–H groups in total. The number of amides is 2. The van der Waals surface area contributed by atoms with Gasteiger partial charge in [0.25, 0.3) is 0 Å². The van der Waals surface area contributed by atoms with Crippen LogP contribution in [0.25, 0.3) is 0 Å². The summed E-state index contributed by atoms with van der Waals surface area (Å²) in [6, 6.07) is 4.65. The number of carbonyl (C=O) groups excluding carboxylic acids is 1. The molecule has 1 aromatic carbocycles.